The number of ether oxygens (including phenoxy) is 1. The van der Waals surface area contributed by atoms with Crippen LogP contribution in [-0.2, 0) is 14.3 Å². The van der Waals surface area contributed by atoms with Gasteiger partial charge in [-0.1, -0.05) is 351 Å². The smallest absolute Gasteiger partial charge is 0.305 e. The summed E-state index contributed by atoms with van der Waals surface area (Å²) in [5.41, 5.74) is 0. The van der Waals surface area contributed by atoms with Crippen molar-refractivity contribution in [3.8, 4) is 0 Å². The second-order valence-electron chi connectivity index (χ2n) is 25.6. The van der Waals surface area contributed by atoms with Crippen LogP contribution in [0, 0.1) is 0 Å². The molecule has 6 heteroatoms. The van der Waals surface area contributed by atoms with Crippen LogP contribution < -0.4 is 5.32 Å². The number of nitrogens with one attached hydrogen (secondary N) is 1. The molecule has 1 amide bonds. The predicted octanol–water partition coefficient (Wildman–Crippen LogP) is 24.4. The highest BCUT2D eigenvalue weighted by Crippen LogP contribution is 2.18. The van der Waals surface area contributed by atoms with E-state index in [1.807, 2.05) is 6.08 Å². The third-order valence-electron chi connectivity index (χ3n) is 17.3. The average molecular weight is 1170 g/mol. The van der Waals surface area contributed by atoms with Crippen molar-refractivity contribution >= 4 is 11.9 Å². The van der Waals surface area contributed by atoms with Crippen LogP contribution in [0.2, 0.25) is 0 Å². The summed E-state index contributed by atoms with van der Waals surface area (Å²) in [6.07, 6.45) is 95.1. The van der Waals surface area contributed by atoms with Gasteiger partial charge < -0.3 is 20.3 Å². The van der Waals surface area contributed by atoms with Gasteiger partial charge in [-0.05, 0) is 89.9 Å². The van der Waals surface area contributed by atoms with E-state index in [1.54, 1.807) is 6.08 Å². The first-order chi connectivity index (χ1) is 41.0. The zero-order chi connectivity index (χ0) is 59.9. The van der Waals surface area contributed by atoms with Gasteiger partial charge in [0.2, 0.25) is 5.91 Å². The summed E-state index contributed by atoms with van der Waals surface area (Å²) in [7, 11) is 0. The Morgan fingerprint density at radius 3 is 0.928 bits per heavy atom. The van der Waals surface area contributed by atoms with Crippen LogP contribution >= 0.6 is 0 Å². The Bertz CT molecular complexity index is 1390. The number of carbonyl (C=O) groups excluding carboxylic acids is 2. The lowest BCUT2D eigenvalue weighted by molar-refractivity contribution is -0.143. The van der Waals surface area contributed by atoms with Crippen molar-refractivity contribution in [2.45, 2.75) is 418 Å². The van der Waals surface area contributed by atoms with Gasteiger partial charge in [0.1, 0.15) is 0 Å². The second-order valence-corrected chi connectivity index (χ2v) is 25.6. The van der Waals surface area contributed by atoms with E-state index >= 15 is 0 Å². The fourth-order valence-corrected chi connectivity index (χ4v) is 11.6. The van der Waals surface area contributed by atoms with E-state index in [0.717, 1.165) is 51.4 Å². The van der Waals surface area contributed by atoms with E-state index in [-0.39, 0.29) is 18.5 Å². The normalized spacial score (nSPS) is 12.8. The summed E-state index contributed by atoms with van der Waals surface area (Å²) < 4.78 is 5.50. The third kappa shape index (κ3) is 68.8. The number of esters is 1. The summed E-state index contributed by atoms with van der Waals surface area (Å²) in [4.78, 5) is 24.6. The minimum Gasteiger partial charge on any atom is -0.466 e. The molecule has 0 fully saturated rings. The number of amides is 1. The first-order valence-corrected chi connectivity index (χ1v) is 37.4. The second kappa shape index (κ2) is 72.3. The van der Waals surface area contributed by atoms with Crippen molar-refractivity contribution in [1.82, 2.24) is 5.32 Å². The lowest BCUT2D eigenvalue weighted by Crippen LogP contribution is -2.45. The van der Waals surface area contributed by atoms with Gasteiger partial charge in [-0.3, -0.25) is 9.59 Å². The van der Waals surface area contributed by atoms with Crippen molar-refractivity contribution in [2.24, 2.45) is 0 Å². The zero-order valence-corrected chi connectivity index (χ0v) is 55.9. The van der Waals surface area contributed by atoms with E-state index in [0.29, 0.717) is 19.4 Å². The summed E-state index contributed by atoms with van der Waals surface area (Å²) in [5.74, 6) is -0.0492. The minimum atomic E-state index is -0.842. The summed E-state index contributed by atoms with van der Waals surface area (Å²) in [5, 5.41) is 23.1. The number of hydrogen-bond acceptors (Lipinski definition) is 5. The Morgan fingerprint density at radius 1 is 0.337 bits per heavy atom. The number of aliphatic hydroxyl groups is 2. The van der Waals surface area contributed by atoms with Crippen LogP contribution in [0.25, 0.3) is 0 Å². The van der Waals surface area contributed by atoms with Gasteiger partial charge in [-0.2, -0.15) is 0 Å². The molecule has 0 aromatic carbocycles. The summed E-state index contributed by atoms with van der Waals surface area (Å²) in [6.45, 7) is 4.92. The van der Waals surface area contributed by atoms with Crippen LogP contribution in [0.15, 0.2) is 48.6 Å². The van der Waals surface area contributed by atoms with Crippen molar-refractivity contribution in [1.29, 1.82) is 0 Å². The molecule has 0 rings (SSSR count). The Morgan fingerprint density at radius 2 is 0.602 bits per heavy atom. The van der Waals surface area contributed by atoms with Gasteiger partial charge in [0.05, 0.1) is 25.4 Å². The maximum absolute atomic E-state index is 12.5. The molecule has 0 saturated carbocycles. The molecule has 0 aliphatic rings. The Kier molecular flexibility index (Phi) is 70.4. The number of rotatable bonds is 70. The van der Waals surface area contributed by atoms with Gasteiger partial charge in [0.25, 0.3) is 0 Å². The number of aliphatic hydroxyl groups excluding tert-OH is 2. The highest BCUT2D eigenvalue weighted by molar-refractivity contribution is 5.76. The number of carbonyl (C=O) groups is 2. The van der Waals surface area contributed by atoms with Crippen molar-refractivity contribution in [2.75, 3.05) is 13.2 Å². The molecular formula is C77H145NO5. The molecule has 0 bridgehead atoms. The average Bonchev–Trinajstić information content (AvgIpc) is 3.49. The minimum absolute atomic E-state index is 0.0155. The SMILES string of the molecule is CCCCCCCC/C=C\CCCCCCCCCC(=O)OCCCCCCCCCCCCCCC/C=C\C/C=C\CCCCCCCCCCCCCCCCCCCC(=O)NC(CO)C(O)/C=C/CCCCCCCCCCCC. The van der Waals surface area contributed by atoms with E-state index in [2.05, 4.69) is 55.6 Å². The van der Waals surface area contributed by atoms with Gasteiger partial charge in [0.15, 0.2) is 0 Å². The standard InChI is InChI=1S/C77H145NO5/c1-3-5-7-9-11-13-15-17-18-40-44-47-51-55-59-63-67-71-77(82)83-72-68-64-60-56-52-48-45-42-39-37-35-33-31-29-27-25-23-21-19-20-22-24-26-28-30-32-34-36-38-41-43-46-50-54-58-62-66-70-76(81)78-74(73-79)75(80)69-65-61-57-53-49-16-14-12-10-8-6-4-2/h17-19,21,25,27,65,69,74-75,79-80H,3-16,20,22-24,26,28-64,66-68,70-73H2,1-2H3,(H,78,81)/b18-17-,21-19-,27-25-,69-65+. The lowest BCUT2D eigenvalue weighted by atomic mass is 10.0. The molecule has 0 spiro atoms. The van der Waals surface area contributed by atoms with Crippen LogP contribution in [0.5, 0.6) is 0 Å². The van der Waals surface area contributed by atoms with Gasteiger partial charge in [-0.15, -0.1) is 0 Å². The predicted molar refractivity (Wildman–Crippen MR) is 366 cm³/mol. The quantitative estimate of drug-likeness (QED) is 0.0320. The molecule has 0 aromatic rings. The topological polar surface area (TPSA) is 95.9 Å². The maximum Gasteiger partial charge on any atom is 0.305 e. The molecule has 3 N–H and O–H groups in total. The van der Waals surface area contributed by atoms with E-state index < -0.39 is 12.1 Å². The van der Waals surface area contributed by atoms with Crippen molar-refractivity contribution < 1.29 is 24.5 Å². The van der Waals surface area contributed by atoms with E-state index in [4.69, 9.17) is 4.74 Å². The maximum atomic E-state index is 12.5. The molecule has 2 atom stereocenters. The van der Waals surface area contributed by atoms with Crippen molar-refractivity contribution in [3.05, 3.63) is 48.6 Å². The molecule has 2 unspecified atom stereocenters. The summed E-state index contributed by atoms with van der Waals surface area (Å²) >= 11 is 0. The van der Waals surface area contributed by atoms with Gasteiger partial charge >= 0.3 is 5.97 Å². The van der Waals surface area contributed by atoms with Crippen LogP contribution in [0.3, 0.4) is 0 Å². The lowest BCUT2D eigenvalue weighted by Gasteiger charge is -2.20. The van der Waals surface area contributed by atoms with Crippen LogP contribution in [-0.4, -0.2) is 47.4 Å². The molecule has 488 valence electrons. The molecular weight excluding hydrogens is 1020 g/mol. The summed E-state index contributed by atoms with van der Waals surface area (Å²) in [6, 6.07) is -0.625. The highest BCUT2D eigenvalue weighted by atomic mass is 16.5. The molecule has 0 radical (unpaired) electrons. The Balaban J connectivity index is 3.35. The number of hydrogen-bond donors (Lipinski definition) is 3. The van der Waals surface area contributed by atoms with Gasteiger partial charge in [-0.25, -0.2) is 0 Å². The highest BCUT2D eigenvalue weighted by Gasteiger charge is 2.18. The first kappa shape index (κ1) is 80.8. The van der Waals surface area contributed by atoms with Crippen LogP contribution in [0.4, 0.5) is 0 Å². The van der Waals surface area contributed by atoms with Crippen LogP contribution in [0.1, 0.15) is 406 Å². The molecule has 0 aromatic heterocycles. The molecule has 0 saturated heterocycles. The molecule has 0 aliphatic heterocycles. The van der Waals surface area contributed by atoms with E-state index in [9.17, 15) is 19.8 Å². The first-order valence-electron chi connectivity index (χ1n) is 37.4. The number of unbranched alkanes of at least 4 members (excludes halogenated alkanes) is 53. The molecule has 83 heavy (non-hydrogen) atoms. The number of allylic oxidation sites excluding steroid dienone is 7. The monoisotopic (exact) mass is 1160 g/mol. The fraction of sp³-hybridized carbons (Fsp3) is 0.870. The largest absolute Gasteiger partial charge is 0.466 e. The van der Waals surface area contributed by atoms with Gasteiger partial charge in [0, 0.05) is 12.8 Å². The molecule has 6 nitrogen and oxygen atoms in total. The van der Waals surface area contributed by atoms with Crippen molar-refractivity contribution in [3.63, 3.8) is 0 Å². The van der Waals surface area contributed by atoms with E-state index in [1.165, 1.54) is 327 Å². The molecule has 0 aliphatic carbocycles. The Hall–Kier alpha value is -2.18. The third-order valence-corrected chi connectivity index (χ3v) is 17.3. The Labute approximate surface area is 518 Å². The molecule has 0 heterocycles. The fourth-order valence-electron chi connectivity index (χ4n) is 11.6. The zero-order valence-electron chi connectivity index (χ0n) is 55.9.